The second kappa shape index (κ2) is 5.30. The zero-order valence-electron chi connectivity index (χ0n) is 13.8. The number of likely N-dealkylation sites (tertiary alicyclic amines) is 1. The number of aryl methyl sites for hydroxylation is 1. The summed E-state index contributed by atoms with van der Waals surface area (Å²) in [5, 5.41) is 0. The van der Waals surface area contributed by atoms with Gasteiger partial charge in [-0.1, -0.05) is 24.3 Å². The summed E-state index contributed by atoms with van der Waals surface area (Å²) < 4.78 is 0. The summed E-state index contributed by atoms with van der Waals surface area (Å²) in [6.07, 6.45) is 5.01. The summed E-state index contributed by atoms with van der Waals surface area (Å²) in [6.45, 7) is 1.79. The molecule has 1 aromatic carbocycles. The van der Waals surface area contributed by atoms with Crippen molar-refractivity contribution < 1.29 is 14.4 Å². The van der Waals surface area contributed by atoms with Crippen LogP contribution >= 0.6 is 0 Å². The van der Waals surface area contributed by atoms with Crippen molar-refractivity contribution >= 4 is 23.4 Å². The van der Waals surface area contributed by atoms with E-state index in [4.69, 9.17) is 0 Å². The highest BCUT2D eigenvalue weighted by molar-refractivity contribution is 6.09. The normalized spacial score (nSPS) is 30.2. The number of carbonyl (C=O) groups excluding carboxylic acids is 3. The molecule has 4 atom stereocenters. The van der Waals surface area contributed by atoms with Crippen LogP contribution in [0.4, 0.5) is 5.69 Å². The third kappa shape index (κ3) is 2.11. The first-order valence-electron chi connectivity index (χ1n) is 8.34. The summed E-state index contributed by atoms with van der Waals surface area (Å²) in [5.74, 6) is -0.741. The molecule has 24 heavy (non-hydrogen) atoms. The van der Waals surface area contributed by atoms with Gasteiger partial charge in [0.2, 0.25) is 17.7 Å². The molecule has 4 rings (SSSR count). The van der Waals surface area contributed by atoms with Crippen LogP contribution in [0.15, 0.2) is 36.4 Å². The van der Waals surface area contributed by atoms with E-state index in [1.165, 1.54) is 9.80 Å². The predicted molar refractivity (Wildman–Crippen MR) is 89.0 cm³/mol. The number of imide groups is 1. The number of fused-ring (bicyclic) bond motifs is 5. The van der Waals surface area contributed by atoms with Crippen LogP contribution in [-0.4, -0.2) is 36.2 Å². The molecular formula is C19H20N2O3. The van der Waals surface area contributed by atoms with Gasteiger partial charge in [0.1, 0.15) is 6.54 Å². The Bertz CT molecular complexity index is 740. The third-order valence-corrected chi connectivity index (χ3v) is 5.62. The zero-order valence-corrected chi connectivity index (χ0v) is 13.8. The number of likely N-dealkylation sites (N-methyl/N-ethyl adjacent to an activating group) is 1. The van der Waals surface area contributed by atoms with Gasteiger partial charge in [0.05, 0.1) is 11.8 Å². The van der Waals surface area contributed by atoms with E-state index in [2.05, 4.69) is 12.2 Å². The van der Waals surface area contributed by atoms with E-state index in [1.54, 1.807) is 7.05 Å². The largest absolute Gasteiger partial charge is 0.314 e. The summed E-state index contributed by atoms with van der Waals surface area (Å²) in [4.78, 5) is 40.5. The lowest BCUT2D eigenvalue weighted by atomic mass is 9.85. The summed E-state index contributed by atoms with van der Waals surface area (Å²) >= 11 is 0. The molecule has 0 radical (unpaired) electrons. The summed E-state index contributed by atoms with van der Waals surface area (Å²) in [5.41, 5.74) is 1.82. The molecule has 2 bridgehead atoms. The number of anilines is 1. The fourth-order valence-corrected chi connectivity index (χ4v) is 4.34. The Hall–Kier alpha value is -2.43. The fourth-order valence-electron chi connectivity index (χ4n) is 4.34. The van der Waals surface area contributed by atoms with Gasteiger partial charge in [-0.15, -0.1) is 0 Å². The van der Waals surface area contributed by atoms with Crippen LogP contribution in [0, 0.1) is 30.6 Å². The lowest BCUT2D eigenvalue weighted by molar-refractivity contribution is -0.143. The second-order valence-electron chi connectivity index (χ2n) is 7.05. The standard InChI is InChI=1S/C19H20N2O3/c1-11-4-3-5-14(8-11)20(2)15(22)10-21-18(23)16-12-6-7-13(9-12)17(16)19(21)24/h3-8,12-13,16-17H,9-10H2,1-2H3. The van der Waals surface area contributed by atoms with E-state index in [0.29, 0.717) is 0 Å². The van der Waals surface area contributed by atoms with Gasteiger partial charge in [0.15, 0.2) is 0 Å². The number of carbonyl (C=O) groups is 3. The van der Waals surface area contributed by atoms with Gasteiger partial charge in [-0.25, -0.2) is 0 Å². The zero-order chi connectivity index (χ0) is 17.0. The Morgan fingerprint density at radius 3 is 2.38 bits per heavy atom. The molecule has 1 aromatic rings. The summed E-state index contributed by atoms with van der Waals surface area (Å²) in [6, 6.07) is 7.59. The van der Waals surface area contributed by atoms with Crippen molar-refractivity contribution in [1.29, 1.82) is 0 Å². The van der Waals surface area contributed by atoms with E-state index >= 15 is 0 Å². The monoisotopic (exact) mass is 324 g/mol. The maximum atomic E-state index is 12.6. The van der Waals surface area contributed by atoms with E-state index in [-0.39, 0.29) is 47.9 Å². The molecular weight excluding hydrogens is 304 g/mol. The van der Waals surface area contributed by atoms with Gasteiger partial charge in [0, 0.05) is 12.7 Å². The molecule has 0 N–H and O–H groups in total. The van der Waals surface area contributed by atoms with Crippen molar-refractivity contribution in [3.05, 3.63) is 42.0 Å². The SMILES string of the molecule is Cc1cccc(N(C)C(=O)CN2C(=O)C3C4C=CC(C4)C3C2=O)c1. The molecule has 5 heteroatoms. The minimum Gasteiger partial charge on any atom is -0.314 e. The minimum atomic E-state index is -0.248. The maximum absolute atomic E-state index is 12.6. The molecule has 2 aliphatic carbocycles. The summed E-state index contributed by atoms with van der Waals surface area (Å²) in [7, 11) is 1.67. The average Bonchev–Trinajstić information content (AvgIpc) is 3.24. The molecule has 1 saturated heterocycles. The molecule has 3 amide bonds. The first-order chi connectivity index (χ1) is 11.5. The maximum Gasteiger partial charge on any atom is 0.246 e. The quantitative estimate of drug-likeness (QED) is 0.629. The average molecular weight is 324 g/mol. The highest BCUT2D eigenvalue weighted by Gasteiger charge is 2.59. The van der Waals surface area contributed by atoms with Crippen LogP contribution in [-0.2, 0) is 14.4 Å². The molecule has 0 spiro atoms. The van der Waals surface area contributed by atoms with Crippen LogP contribution in [0.2, 0.25) is 0 Å². The molecule has 1 heterocycles. The molecule has 1 saturated carbocycles. The Labute approximate surface area is 140 Å². The highest BCUT2D eigenvalue weighted by Crippen LogP contribution is 2.52. The number of hydrogen-bond acceptors (Lipinski definition) is 3. The molecule has 2 fully saturated rings. The number of nitrogens with zero attached hydrogens (tertiary/aromatic N) is 2. The Balaban J connectivity index is 1.51. The fraction of sp³-hybridized carbons (Fsp3) is 0.421. The number of amides is 3. The molecule has 4 unspecified atom stereocenters. The molecule has 0 aromatic heterocycles. The van der Waals surface area contributed by atoms with E-state index in [0.717, 1.165) is 17.7 Å². The predicted octanol–water partition coefficient (Wildman–Crippen LogP) is 1.76. The van der Waals surface area contributed by atoms with Crippen LogP contribution in [0.5, 0.6) is 0 Å². The molecule has 1 aliphatic heterocycles. The van der Waals surface area contributed by atoms with Crippen molar-refractivity contribution in [2.75, 3.05) is 18.5 Å². The van der Waals surface area contributed by atoms with Gasteiger partial charge < -0.3 is 4.90 Å². The minimum absolute atomic E-state index is 0.172. The smallest absolute Gasteiger partial charge is 0.246 e. The number of hydrogen-bond donors (Lipinski definition) is 0. The van der Waals surface area contributed by atoms with Crippen LogP contribution in [0.1, 0.15) is 12.0 Å². The first-order valence-corrected chi connectivity index (χ1v) is 8.34. The van der Waals surface area contributed by atoms with Crippen LogP contribution in [0.25, 0.3) is 0 Å². The number of allylic oxidation sites excluding steroid dienone is 2. The topological polar surface area (TPSA) is 57.7 Å². The highest BCUT2D eigenvalue weighted by atomic mass is 16.2. The second-order valence-corrected chi connectivity index (χ2v) is 7.05. The lowest BCUT2D eigenvalue weighted by Gasteiger charge is -2.22. The van der Waals surface area contributed by atoms with Crippen molar-refractivity contribution in [2.45, 2.75) is 13.3 Å². The van der Waals surface area contributed by atoms with Gasteiger partial charge in [-0.05, 0) is 42.9 Å². The number of benzene rings is 1. The Kier molecular flexibility index (Phi) is 3.34. The van der Waals surface area contributed by atoms with Crippen molar-refractivity contribution in [2.24, 2.45) is 23.7 Å². The molecule has 3 aliphatic rings. The third-order valence-electron chi connectivity index (χ3n) is 5.62. The molecule has 124 valence electrons. The van der Waals surface area contributed by atoms with E-state index in [1.807, 2.05) is 31.2 Å². The Morgan fingerprint density at radius 1 is 1.17 bits per heavy atom. The van der Waals surface area contributed by atoms with E-state index < -0.39 is 0 Å². The molecule has 5 nitrogen and oxygen atoms in total. The van der Waals surface area contributed by atoms with Gasteiger partial charge >= 0.3 is 0 Å². The Morgan fingerprint density at radius 2 is 1.79 bits per heavy atom. The number of rotatable bonds is 3. The van der Waals surface area contributed by atoms with Gasteiger partial charge in [-0.3, -0.25) is 19.3 Å². The van der Waals surface area contributed by atoms with E-state index in [9.17, 15) is 14.4 Å². The van der Waals surface area contributed by atoms with Crippen molar-refractivity contribution in [3.8, 4) is 0 Å². The van der Waals surface area contributed by atoms with Gasteiger partial charge in [0.25, 0.3) is 0 Å². The van der Waals surface area contributed by atoms with Crippen molar-refractivity contribution in [1.82, 2.24) is 4.90 Å². The van der Waals surface area contributed by atoms with Gasteiger partial charge in [-0.2, -0.15) is 0 Å². The first kappa shape index (κ1) is 15.1. The van der Waals surface area contributed by atoms with Crippen molar-refractivity contribution in [3.63, 3.8) is 0 Å². The lowest BCUT2D eigenvalue weighted by Crippen LogP contribution is -2.42. The van der Waals surface area contributed by atoms with Crippen LogP contribution < -0.4 is 4.90 Å². The van der Waals surface area contributed by atoms with Crippen LogP contribution in [0.3, 0.4) is 0 Å².